The average Bonchev–Trinajstić information content (AvgIpc) is 3.56. The van der Waals surface area contributed by atoms with Crippen molar-refractivity contribution in [3.05, 3.63) is 95.4 Å². The highest BCUT2D eigenvalue weighted by atomic mass is 32.2. The number of carbonyl (C=O) groups excluding carboxylic acids is 2. The number of nitrogens with zero attached hydrogens (tertiary/aromatic N) is 5. The zero-order valence-electron chi connectivity index (χ0n) is 23.2. The van der Waals surface area contributed by atoms with Crippen LogP contribution < -0.4 is 15.0 Å². The second-order valence-corrected chi connectivity index (χ2v) is 10.6. The Morgan fingerprint density at radius 3 is 2.37 bits per heavy atom. The smallest absolute Gasteiger partial charge is 0.406 e. The lowest BCUT2D eigenvalue weighted by Gasteiger charge is -2.21. The maximum Gasteiger partial charge on any atom is 0.573 e. The van der Waals surface area contributed by atoms with Crippen molar-refractivity contribution in [1.82, 2.24) is 20.1 Å². The van der Waals surface area contributed by atoms with Crippen LogP contribution in [0.15, 0.2) is 78.2 Å². The van der Waals surface area contributed by atoms with E-state index < -0.39 is 12.4 Å². The Bertz CT molecular complexity index is 1710. The predicted molar refractivity (Wildman–Crippen MR) is 159 cm³/mol. The molecule has 3 aromatic carbocycles. The Morgan fingerprint density at radius 1 is 1.05 bits per heavy atom. The molecule has 0 saturated carbocycles. The number of aliphatic imine (C=N–C) groups is 1. The van der Waals surface area contributed by atoms with E-state index in [1.165, 1.54) is 58.1 Å². The van der Waals surface area contributed by atoms with Gasteiger partial charge in [0.25, 0.3) is 0 Å². The molecule has 220 valence electrons. The minimum atomic E-state index is -4.76. The number of carbonyl (C=O) groups is 2. The number of benzene rings is 3. The molecule has 0 spiro atoms. The van der Waals surface area contributed by atoms with Gasteiger partial charge in [-0.15, -0.1) is 18.3 Å². The zero-order chi connectivity index (χ0) is 30.7. The van der Waals surface area contributed by atoms with Crippen LogP contribution in [0.4, 0.5) is 23.7 Å². The lowest BCUT2D eigenvalue weighted by Crippen LogP contribution is -2.32. The summed E-state index contributed by atoms with van der Waals surface area (Å²) in [6.07, 6.45) is -0.146. The number of rotatable bonds is 6. The first-order valence-corrected chi connectivity index (χ1v) is 13.9. The SMILES string of the molecule is Cc1cc(C)c(N2C(=O)CS/C2=N\C(=O)N/C=C/c2ccc(-c3ncn(-c4ccc(OC(F)(F)F)cc4)n3)cc2)c(C)c1. The van der Waals surface area contributed by atoms with Crippen molar-refractivity contribution in [2.24, 2.45) is 4.99 Å². The molecule has 0 aliphatic carbocycles. The van der Waals surface area contributed by atoms with Crippen molar-refractivity contribution in [3.63, 3.8) is 0 Å². The van der Waals surface area contributed by atoms with Crippen LogP contribution in [0, 0.1) is 20.8 Å². The van der Waals surface area contributed by atoms with E-state index in [0.29, 0.717) is 22.2 Å². The van der Waals surface area contributed by atoms with Crippen LogP contribution in [-0.4, -0.2) is 44.0 Å². The molecular formula is C30H25F3N6O3S. The van der Waals surface area contributed by atoms with Crippen molar-refractivity contribution in [1.29, 1.82) is 0 Å². The Labute approximate surface area is 249 Å². The normalized spacial score (nSPS) is 14.6. The maximum absolute atomic E-state index is 12.6. The fraction of sp³-hybridized carbons (Fsp3) is 0.167. The Hall–Kier alpha value is -4.91. The molecule has 0 atom stereocenters. The number of halogens is 3. The van der Waals surface area contributed by atoms with Crippen LogP contribution in [-0.2, 0) is 4.79 Å². The standard InChI is InChI=1S/C30H25F3N6O3S/c1-18-14-19(2)26(20(3)15-18)39-25(40)16-43-29(39)36-28(41)34-13-12-21-4-6-22(7-5-21)27-35-17-38(37-27)23-8-10-24(11-9-23)42-30(31,32)33/h4-15,17H,16H2,1-3H3,(H,34,41)/b13-12+,36-29-. The van der Waals surface area contributed by atoms with E-state index in [0.717, 1.165) is 27.9 Å². The van der Waals surface area contributed by atoms with Gasteiger partial charge in [-0.05, 0) is 67.8 Å². The van der Waals surface area contributed by atoms with Gasteiger partial charge in [0, 0.05) is 11.8 Å². The van der Waals surface area contributed by atoms with E-state index in [9.17, 15) is 22.8 Å². The van der Waals surface area contributed by atoms with Crippen molar-refractivity contribution in [3.8, 4) is 22.8 Å². The molecule has 1 aliphatic heterocycles. The molecule has 2 heterocycles. The molecule has 0 bridgehead atoms. The number of thioether (sulfide) groups is 1. The Balaban J connectivity index is 1.21. The number of anilines is 1. The highest BCUT2D eigenvalue weighted by Gasteiger charge is 2.32. The fourth-order valence-electron chi connectivity index (χ4n) is 4.58. The molecule has 1 aromatic heterocycles. The number of urea groups is 1. The van der Waals surface area contributed by atoms with Gasteiger partial charge in [0.05, 0.1) is 17.1 Å². The largest absolute Gasteiger partial charge is 0.573 e. The van der Waals surface area contributed by atoms with Crippen LogP contribution in [0.5, 0.6) is 5.75 Å². The molecule has 9 nitrogen and oxygen atoms in total. The highest BCUT2D eigenvalue weighted by Crippen LogP contribution is 2.33. The Morgan fingerprint density at radius 2 is 1.72 bits per heavy atom. The summed E-state index contributed by atoms with van der Waals surface area (Å²) in [5.41, 5.74) is 5.71. The molecule has 0 radical (unpaired) electrons. The van der Waals surface area contributed by atoms with Crippen molar-refractivity contribution in [2.45, 2.75) is 27.1 Å². The first-order chi connectivity index (χ1) is 20.5. The number of aromatic nitrogens is 3. The van der Waals surface area contributed by atoms with Gasteiger partial charge in [0.1, 0.15) is 12.1 Å². The number of amidine groups is 1. The minimum absolute atomic E-state index is 0.130. The third-order valence-electron chi connectivity index (χ3n) is 6.30. The van der Waals surface area contributed by atoms with Gasteiger partial charge in [0.15, 0.2) is 11.0 Å². The van der Waals surface area contributed by atoms with Gasteiger partial charge < -0.3 is 10.1 Å². The van der Waals surface area contributed by atoms with E-state index >= 15 is 0 Å². The predicted octanol–water partition coefficient (Wildman–Crippen LogP) is 6.57. The summed E-state index contributed by atoms with van der Waals surface area (Å²) in [5.74, 6) is 0.167. The number of hydrogen-bond acceptors (Lipinski definition) is 6. The molecule has 4 aromatic rings. The molecule has 3 amide bonds. The van der Waals surface area contributed by atoms with E-state index in [-0.39, 0.29) is 17.4 Å². The first-order valence-electron chi connectivity index (χ1n) is 12.9. The summed E-state index contributed by atoms with van der Waals surface area (Å²) in [4.78, 5) is 35.1. The number of nitrogens with one attached hydrogen (secondary N) is 1. The summed E-state index contributed by atoms with van der Waals surface area (Å²) in [7, 11) is 0. The molecule has 1 aliphatic rings. The monoisotopic (exact) mass is 606 g/mol. The van der Waals surface area contributed by atoms with Crippen LogP contribution in [0.25, 0.3) is 23.2 Å². The van der Waals surface area contributed by atoms with E-state index in [4.69, 9.17) is 0 Å². The molecule has 13 heteroatoms. The third kappa shape index (κ3) is 7.12. The topological polar surface area (TPSA) is 102 Å². The third-order valence-corrected chi connectivity index (χ3v) is 7.22. The van der Waals surface area contributed by atoms with Gasteiger partial charge in [-0.3, -0.25) is 9.69 Å². The van der Waals surface area contributed by atoms with Crippen molar-refractivity contribution < 1.29 is 27.5 Å². The van der Waals surface area contributed by atoms with Gasteiger partial charge in [-0.25, -0.2) is 14.5 Å². The van der Waals surface area contributed by atoms with E-state index in [2.05, 4.69) is 25.1 Å². The molecule has 43 heavy (non-hydrogen) atoms. The Kier molecular flexibility index (Phi) is 8.35. The van der Waals surface area contributed by atoms with Gasteiger partial charge in [-0.2, -0.15) is 4.99 Å². The summed E-state index contributed by atoms with van der Waals surface area (Å²) < 4.78 is 42.5. The molecular weight excluding hydrogens is 581 g/mol. The number of amides is 3. The summed E-state index contributed by atoms with van der Waals surface area (Å²) in [6.45, 7) is 5.85. The highest BCUT2D eigenvalue weighted by molar-refractivity contribution is 8.15. The van der Waals surface area contributed by atoms with E-state index in [1.54, 1.807) is 18.2 Å². The van der Waals surface area contributed by atoms with Gasteiger partial charge >= 0.3 is 12.4 Å². The lowest BCUT2D eigenvalue weighted by molar-refractivity contribution is -0.274. The van der Waals surface area contributed by atoms with Gasteiger partial charge in [-0.1, -0.05) is 53.7 Å². The van der Waals surface area contributed by atoms with Crippen LogP contribution in [0.3, 0.4) is 0 Å². The second-order valence-electron chi connectivity index (χ2n) is 9.62. The molecule has 1 fully saturated rings. The maximum atomic E-state index is 12.6. The first kappa shape index (κ1) is 29.6. The van der Waals surface area contributed by atoms with Crippen molar-refractivity contribution >= 4 is 40.6 Å². The number of hydrogen-bond donors (Lipinski definition) is 1. The summed E-state index contributed by atoms with van der Waals surface area (Å²) in [6, 6.07) is 15.9. The molecule has 0 unspecified atom stereocenters. The number of ether oxygens (including phenoxy) is 1. The van der Waals surface area contributed by atoms with Crippen LogP contribution in [0.2, 0.25) is 0 Å². The van der Waals surface area contributed by atoms with Crippen LogP contribution in [0.1, 0.15) is 22.3 Å². The zero-order valence-corrected chi connectivity index (χ0v) is 24.0. The fourth-order valence-corrected chi connectivity index (χ4v) is 5.43. The molecule has 1 saturated heterocycles. The summed E-state index contributed by atoms with van der Waals surface area (Å²) in [5, 5.41) is 7.33. The van der Waals surface area contributed by atoms with Crippen LogP contribution >= 0.6 is 11.8 Å². The number of aryl methyl sites for hydroxylation is 3. The molecule has 1 N–H and O–H groups in total. The summed E-state index contributed by atoms with van der Waals surface area (Å²) >= 11 is 1.22. The lowest BCUT2D eigenvalue weighted by atomic mass is 10.0. The average molecular weight is 607 g/mol. The minimum Gasteiger partial charge on any atom is -0.406 e. The van der Waals surface area contributed by atoms with E-state index in [1.807, 2.05) is 45.0 Å². The second kappa shape index (κ2) is 12.1. The number of alkyl halides is 3. The molecule has 5 rings (SSSR count). The van der Waals surface area contributed by atoms with Gasteiger partial charge in [0.2, 0.25) is 5.91 Å². The quantitative estimate of drug-likeness (QED) is 0.266. The van der Waals surface area contributed by atoms with Crippen molar-refractivity contribution in [2.75, 3.05) is 10.7 Å².